The maximum atomic E-state index is 6.15. The molecule has 4 nitrogen and oxygen atoms in total. The molecule has 2 heterocycles. The van der Waals surface area contributed by atoms with E-state index in [9.17, 15) is 0 Å². The summed E-state index contributed by atoms with van der Waals surface area (Å²) in [4.78, 5) is 8.86. The third-order valence-electron chi connectivity index (χ3n) is 3.56. The first-order valence-corrected chi connectivity index (χ1v) is 7.24. The zero-order valence-electron chi connectivity index (χ0n) is 12.3. The first-order valence-electron chi connectivity index (χ1n) is 6.86. The lowest BCUT2D eigenvalue weighted by atomic mass is 10.2. The van der Waals surface area contributed by atoms with Crippen LogP contribution >= 0.6 is 11.6 Å². The predicted molar refractivity (Wildman–Crippen MR) is 86.7 cm³/mol. The molecule has 0 fully saturated rings. The number of aryl methyl sites for hydroxylation is 2. The molecule has 0 saturated heterocycles. The summed E-state index contributed by atoms with van der Waals surface area (Å²) in [6.07, 6.45) is 1.76. The quantitative estimate of drug-likeness (QED) is 0.740. The highest BCUT2D eigenvalue weighted by Crippen LogP contribution is 2.26. The van der Waals surface area contributed by atoms with E-state index in [0.717, 1.165) is 28.1 Å². The Morgan fingerprint density at radius 2 is 2.05 bits per heavy atom. The van der Waals surface area contributed by atoms with Crippen molar-refractivity contribution in [3.63, 3.8) is 0 Å². The number of imidazole rings is 1. The van der Waals surface area contributed by atoms with Gasteiger partial charge in [-0.1, -0.05) is 23.7 Å². The van der Waals surface area contributed by atoms with Gasteiger partial charge in [0.2, 0.25) is 0 Å². The molecule has 3 rings (SSSR count). The van der Waals surface area contributed by atoms with Crippen molar-refractivity contribution in [2.24, 2.45) is 7.05 Å². The van der Waals surface area contributed by atoms with Gasteiger partial charge in [0, 0.05) is 13.2 Å². The molecule has 0 aliphatic rings. The Bertz CT molecular complexity index is 794. The molecule has 1 atom stereocenters. The molecule has 0 spiro atoms. The van der Waals surface area contributed by atoms with E-state index in [1.807, 2.05) is 38.2 Å². The Morgan fingerprint density at radius 3 is 2.81 bits per heavy atom. The Morgan fingerprint density at radius 1 is 1.29 bits per heavy atom. The largest absolute Gasteiger partial charge is 0.373 e. The minimum atomic E-state index is 0.0310. The first-order chi connectivity index (χ1) is 10.1. The monoisotopic (exact) mass is 300 g/mol. The number of hydrogen-bond acceptors (Lipinski definition) is 3. The minimum absolute atomic E-state index is 0.0310. The van der Waals surface area contributed by atoms with Gasteiger partial charge in [0.1, 0.15) is 5.82 Å². The van der Waals surface area contributed by atoms with Crippen molar-refractivity contribution in [2.45, 2.75) is 19.9 Å². The second-order valence-electron chi connectivity index (χ2n) is 5.23. The van der Waals surface area contributed by atoms with Crippen LogP contribution in [0, 0.1) is 6.92 Å². The van der Waals surface area contributed by atoms with Crippen LogP contribution in [0.25, 0.3) is 11.0 Å². The number of nitrogens with one attached hydrogen (secondary N) is 1. The number of benzene rings is 1. The maximum Gasteiger partial charge on any atom is 0.152 e. The molecule has 0 amide bonds. The van der Waals surface area contributed by atoms with Crippen molar-refractivity contribution < 1.29 is 0 Å². The summed E-state index contributed by atoms with van der Waals surface area (Å²) in [7, 11) is 2.03. The van der Waals surface area contributed by atoms with Gasteiger partial charge in [0.05, 0.1) is 22.8 Å². The van der Waals surface area contributed by atoms with E-state index < -0.39 is 0 Å². The molecule has 0 aliphatic carbocycles. The van der Waals surface area contributed by atoms with Gasteiger partial charge in [-0.15, -0.1) is 0 Å². The number of hydrogen-bond donors (Lipinski definition) is 1. The molecule has 1 aromatic carbocycles. The van der Waals surface area contributed by atoms with Gasteiger partial charge in [0.15, 0.2) is 5.15 Å². The summed E-state index contributed by atoms with van der Waals surface area (Å²) >= 11 is 6.15. The Balaban J connectivity index is 1.95. The van der Waals surface area contributed by atoms with Crippen molar-refractivity contribution in [3.05, 3.63) is 53.1 Å². The lowest BCUT2D eigenvalue weighted by Gasteiger charge is -2.16. The number of anilines is 1. The average Bonchev–Trinajstić information content (AvgIpc) is 2.81. The highest BCUT2D eigenvalue weighted by atomic mass is 35.5. The second kappa shape index (κ2) is 5.37. The van der Waals surface area contributed by atoms with Crippen molar-refractivity contribution in [1.82, 2.24) is 14.5 Å². The van der Waals surface area contributed by atoms with E-state index in [2.05, 4.69) is 27.9 Å². The summed E-state index contributed by atoms with van der Waals surface area (Å²) in [5.74, 6) is 0.966. The van der Waals surface area contributed by atoms with Gasteiger partial charge in [0.25, 0.3) is 0 Å². The number of nitrogens with zero attached hydrogens (tertiary/aromatic N) is 3. The zero-order valence-corrected chi connectivity index (χ0v) is 13.0. The Kier molecular flexibility index (Phi) is 3.55. The van der Waals surface area contributed by atoms with Gasteiger partial charge >= 0.3 is 0 Å². The smallest absolute Gasteiger partial charge is 0.152 e. The normalized spacial score (nSPS) is 12.6. The molecule has 0 aliphatic heterocycles. The van der Waals surface area contributed by atoms with Crippen LogP contribution in [-0.2, 0) is 7.05 Å². The van der Waals surface area contributed by atoms with Crippen molar-refractivity contribution in [1.29, 1.82) is 0 Å². The van der Waals surface area contributed by atoms with Crippen molar-refractivity contribution in [2.75, 3.05) is 5.32 Å². The van der Waals surface area contributed by atoms with E-state index in [1.54, 1.807) is 6.20 Å². The minimum Gasteiger partial charge on any atom is -0.373 e. The molecule has 0 saturated carbocycles. The highest BCUT2D eigenvalue weighted by molar-refractivity contribution is 6.31. The van der Waals surface area contributed by atoms with Gasteiger partial charge in [-0.05, 0) is 37.6 Å². The number of pyridine rings is 1. The molecule has 21 heavy (non-hydrogen) atoms. The maximum absolute atomic E-state index is 6.15. The van der Waals surface area contributed by atoms with E-state index in [1.165, 1.54) is 0 Å². The van der Waals surface area contributed by atoms with Gasteiger partial charge in [-0.25, -0.2) is 9.97 Å². The van der Waals surface area contributed by atoms with Crippen LogP contribution in [0.4, 0.5) is 5.69 Å². The van der Waals surface area contributed by atoms with Crippen LogP contribution in [0.1, 0.15) is 24.4 Å². The van der Waals surface area contributed by atoms with Crippen molar-refractivity contribution >= 4 is 28.3 Å². The fraction of sp³-hybridized carbons (Fsp3) is 0.250. The van der Waals surface area contributed by atoms with Crippen LogP contribution < -0.4 is 5.32 Å². The lowest BCUT2D eigenvalue weighted by molar-refractivity contribution is 0.733. The van der Waals surface area contributed by atoms with Gasteiger partial charge in [-0.2, -0.15) is 0 Å². The van der Waals surface area contributed by atoms with Crippen molar-refractivity contribution in [3.8, 4) is 0 Å². The van der Waals surface area contributed by atoms with E-state index >= 15 is 0 Å². The molecule has 3 aromatic rings. The zero-order chi connectivity index (χ0) is 15.0. The van der Waals surface area contributed by atoms with E-state index in [-0.39, 0.29) is 6.04 Å². The molecule has 1 unspecified atom stereocenters. The number of aromatic nitrogens is 3. The fourth-order valence-electron chi connectivity index (χ4n) is 2.50. The van der Waals surface area contributed by atoms with E-state index in [4.69, 9.17) is 16.6 Å². The number of halogens is 1. The van der Waals surface area contributed by atoms with Gasteiger partial charge in [-0.3, -0.25) is 0 Å². The molecule has 5 heteroatoms. The predicted octanol–water partition coefficient (Wildman–Crippen LogP) is 4.10. The number of rotatable bonds is 3. The summed E-state index contributed by atoms with van der Waals surface area (Å²) in [5.41, 5.74) is 4.02. The number of fused-ring (bicyclic) bond motifs is 1. The SMILES string of the molecule is Cc1cnc(Cl)c(NC(C)c2nc3ccccc3n2C)c1. The lowest BCUT2D eigenvalue weighted by Crippen LogP contribution is -2.12. The molecule has 0 radical (unpaired) electrons. The summed E-state index contributed by atoms with van der Waals surface area (Å²) < 4.78 is 2.10. The summed E-state index contributed by atoms with van der Waals surface area (Å²) in [5, 5.41) is 3.87. The third-order valence-corrected chi connectivity index (χ3v) is 3.86. The molecule has 0 bridgehead atoms. The fourth-order valence-corrected chi connectivity index (χ4v) is 2.66. The molecular weight excluding hydrogens is 284 g/mol. The summed E-state index contributed by atoms with van der Waals surface area (Å²) in [6.45, 7) is 4.06. The Hall–Kier alpha value is -2.07. The second-order valence-corrected chi connectivity index (χ2v) is 5.59. The molecule has 1 N–H and O–H groups in total. The standard InChI is InChI=1S/C16H17ClN4/c1-10-8-13(15(17)18-9-10)19-11(2)16-20-12-6-4-5-7-14(12)21(16)3/h4-9,11,19H,1-3H3. The third kappa shape index (κ3) is 2.59. The first kappa shape index (κ1) is 13.9. The van der Waals surface area contributed by atoms with Crippen LogP contribution in [0.15, 0.2) is 36.5 Å². The van der Waals surface area contributed by atoms with Crippen LogP contribution in [0.3, 0.4) is 0 Å². The van der Waals surface area contributed by atoms with Gasteiger partial charge < -0.3 is 9.88 Å². The Labute approximate surface area is 128 Å². The number of para-hydroxylation sites is 2. The summed E-state index contributed by atoms with van der Waals surface area (Å²) in [6, 6.07) is 10.1. The molecule has 2 aromatic heterocycles. The topological polar surface area (TPSA) is 42.7 Å². The highest BCUT2D eigenvalue weighted by Gasteiger charge is 2.15. The molecular formula is C16H17ClN4. The van der Waals surface area contributed by atoms with E-state index in [0.29, 0.717) is 5.15 Å². The molecule has 108 valence electrons. The van der Waals surface area contributed by atoms with Crippen LogP contribution in [0.2, 0.25) is 5.15 Å². The van der Waals surface area contributed by atoms with Crippen LogP contribution in [-0.4, -0.2) is 14.5 Å². The average molecular weight is 301 g/mol. The van der Waals surface area contributed by atoms with Crippen LogP contribution in [0.5, 0.6) is 0 Å².